The molecule has 0 spiro atoms. The maximum Gasteiger partial charge on any atom is 0.292 e. The molecule has 1 fully saturated rings. The third-order valence-corrected chi connectivity index (χ3v) is 2.67. The molecule has 1 aromatic heterocycles. The molecule has 0 radical (unpaired) electrons. The molecule has 1 aromatic rings. The van der Waals surface area contributed by atoms with Gasteiger partial charge in [-0.05, 0) is 18.9 Å². The minimum atomic E-state index is -0.323. The van der Waals surface area contributed by atoms with Crippen molar-refractivity contribution in [2.75, 3.05) is 13.6 Å². The molecule has 2 unspecified atom stereocenters. The van der Waals surface area contributed by atoms with E-state index in [1.165, 1.54) is 7.05 Å². The molecule has 1 aliphatic heterocycles. The van der Waals surface area contributed by atoms with Crippen LogP contribution in [0.4, 0.5) is 0 Å². The monoisotopic (exact) mass is 210 g/mol. The van der Waals surface area contributed by atoms with E-state index in [4.69, 9.17) is 4.52 Å². The third-order valence-electron chi connectivity index (χ3n) is 2.67. The van der Waals surface area contributed by atoms with Crippen LogP contribution in [0.15, 0.2) is 4.52 Å². The van der Waals surface area contributed by atoms with Gasteiger partial charge in [0, 0.05) is 7.05 Å². The minimum Gasteiger partial charge on any atom is -0.352 e. The molecule has 6 heteroatoms. The number of hydrogen-bond donors (Lipinski definition) is 2. The second-order valence-electron chi connectivity index (χ2n) is 3.73. The fourth-order valence-corrected chi connectivity index (χ4v) is 1.73. The zero-order valence-corrected chi connectivity index (χ0v) is 8.78. The summed E-state index contributed by atoms with van der Waals surface area (Å²) in [7, 11) is 1.54. The van der Waals surface area contributed by atoms with Gasteiger partial charge in [-0.15, -0.1) is 0 Å². The molecule has 6 nitrogen and oxygen atoms in total. The molecular weight excluding hydrogens is 196 g/mol. The van der Waals surface area contributed by atoms with Crippen LogP contribution >= 0.6 is 0 Å². The van der Waals surface area contributed by atoms with Crippen LogP contribution in [0, 0.1) is 5.92 Å². The van der Waals surface area contributed by atoms with Gasteiger partial charge in [-0.25, -0.2) is 0 Å². The molecule has 0 aliphatic carbocycles. The molecule has 2 heterocycles. The number of nitrogens with one attached hydrogen (secondary N) is 2. The largest absolute Gasteiger partial charge is 0.352 e. The molecule has 2 rings (SSSR count). The Kier molecular flexibility index (Phi) is 2.68. The van der Waals surface area contributed by atoms with Crippen LogP contribution in [0.5, 0.6) is 0 Å². The molecular formula is C9H14N4O2. The summed E-state index contributed by atoms with van der Waals surface area (Å²) in [4.78, 5) is 15.3. The molecule has 0 aromatic carbocycles. The second-order valence-corrected chi connectivity index (χ2v) is 3.73. The van der Waals surface area contributed by atoms with E-state index in [0.717, 1.165) is 13.0 Å². The van der Waals surface area contributed by atoms with Crippen molar-refractivity contribution in [2.24, 2.45) is 5.92 Å². The van der Waals surface area contributed by atoms with Crippen LogP contribution in [-0.2, 0) is 0 Å². The summed E-state index contributed by atoms with van der Waals surface area (Å²) in [5.74, 6) is 0.727. The van der Waals surface area contributed by atoms with Crippen molar-refractivity contribution in [2.45, 2.75) is 19.4 Å². The highest BCUT2D eigenvalue weighted by atomic mass is 16.5. The Morgan fingerprint density at radius 3 is 3.07 bits per heavy atom. The Morgan fingerprint density at radius 2 is 2.47 bits per heavy atom. The quantitative estimate of drug-likeness (QED) is 0.723. The van der Waals surface area contributed by atoms with Crippen molar-refractivity contribution < 1.29 is 9.32 Å². The lowest BCUT2D eigenvalue weighted by molar-refractivity contribution is 0.0950. The van der Waals surface area contributed by atoms with E-state index < -0.39 is 0 Å². The summed E-state index contributed by atoms with van der Waals surface area (Å²) in [6, 6.07) is 0.0795. The predicted molar refractivity (Wildman–Crippen MR) is 52.2 cm³/mol. The SMILES string of the molecule is CNC(=O)c1noc(C2NCCC2C)n1. The van der Waals surface area contributed by atoms with Gasteiger partial charge in [0.05, 0.1) is 6.04 Å². The zero-order chi connectivity index (χ0) is 10.8. The van der Waals surface area contributed by atoms with Gasteiger partial charge >= 0.3 is 0 Å². The lowest BCUT2D eigenvalue weighted by Crippen LogP contribution is -2.20. The summed E-state index contributed by atoms with van der Waals surface area (Å²) in [5, 5.41) is 9.34. The summed E-state index contributed by atoms with van der Waals surface area (Å²) in [6.07, 6.45) is 1.09. The van der Waals surface area contributed by atoms with Gasteiger partial charge in [0.25, 0.3) is 11.7 Å². The number of aromatic nitrogens is 2. The number of carbonyl (C=O) groups is 1. The van der Waals surface area contributed by atoms with E-state index in [0.29, 0.717) is 11.8 Å². The van der Waals surface area contributed by atoms with Crippen LogP contribution in [0.25, 0.3) is 0 Å². The summed E-state index contributed by atoms with van der Waals surface area (Å²) in [5.41, 5.74) is 0. The maximum absolute atomic E-state index is 11.2. The lowest BCUT2D eigenvalue weighted by atomic mass is 10.0. The average molecular weight is 210 g/mol. The minimum absolute atomic E-state index is 0.0795. The normalized spacial score (nSPS) is 25.5. The predicted octanol–water partition coefficient (Wildman–Crippen LogP) is 0.0997. The Bertz CT molecular complexity index is 363. The standard InChI is InChI=1S/C9H14N4O2/c1-5-3-4-11-6(5)9-12-7(13-15-9)8(14)10-2/h5-6,11H,3-4H2,1-2H3,(H,10,14). The number of amides is 1. The van der Waals surface area contributed by atoms with Gasteiger partial charge < -0.3 is 15.2 Å². The average Bonchev–Trinajstić information content (AvgIpc) is 2.84. The van der Waals surface area contributed by atoms with Crippen LogP contribution < -0.4 is 10.6 Å². The molecule has 2 N–H and O–H groups in total. The molecule has 2 atom stereocenters. The highest BCUT2D eigenvalue weighted by molar-refractivity contribution is 5.89. The fourth-order valence-electron chi connectivity index (χ4n) is 1.73. The Hall–Kier alpha value is -1.43. The summed E-state index contributed by atoms with van der Waals surface area (Å²) >= 11 is 0. The first-order chi connectivity index (χ1) is 7.22. The van der Waals surface area contributed by atoms with Gasteiger partial charge in [0.2, 0.25) is 5.89 Å². The Labute approximate surface area is 87.4 Å². The molecule has 15 heavy (non-hydrogen) atoms. The molecule has 1 saturated heterocycles. The highest BCUT2D eigenvalue weighted by Gasteiger charge is 2.29. The van der Waals surface area contributed by atoms with E-state index in [1.807, 2.05) is 0 Å². The van der Waals surface area contributed by atoms with Gasteiger partial charge in [0.15, 0.2) is 0 Å². The number of rotatable bonds is 2. The first-order valence-electron chi connectivity index (χ1n) is 5.01. The van der Waals surface area contributed by atoms with E-state index in [-0.39, 0.29) is 17.8 Å². The molecule has 0 saturated carbocycles. The third kappa shape index (κ3) is 1.85. The van der Waals surface area contributed by atoms with Crippen molar-refractivity contribution in [3.05, 3.63) is 11.7 Å². The van der Waals surface area contributed by atoms with Crippen LogP contribution in [0.1, 0.15) is 35.9 Å². The van der Waals surface area contributed by atoms with Crippen molar-refractivity contribution in [3.8, 4) is 0 Å². The van der Waals surface area contributed by atoms with Crippen molar-refractivity contribution >= 4 is 5.91 Å². The summed E-state index contributed by atoms with van der Waals surface area (Å²) in [6.45, 7) is 3.07. The Morgan fingerprint density at radius 1 is 1.67 bits per heavy atom. The van der Waals surface area contributed by atoms with Gasteiger partial charge in [0.1, 0.15) is 0 Å². The maximum atomic E-state index is 11.2. The zero-order valence-electron chi connectivity index (χ0n) is 8.78. The molecule has 0 bridgehead atoms. The van der Waals surface area contributed by atoms with E-state index >= 15 is 0 Å². The second kappa shape index (κ2) is 3.98. The topological polar surface area (TPSA) is 80.0 Å². The van der Waals surface area contributed by atoms with Crippen molar-refractivity contribution in [1.29, 1.82) is 0 Å². The van der Waals surface area contributed by atoms with E-state index in [9.17, 15) is 4.79 Å². The molecule has 1 aliphatic rings. The molecule has 1 amide bonds. The number of hydrogen-bond acceptors (Lipinski definition) is 5. The van der Waals surface area contributed by atoms with E-state index in [2.05, 4.69) is 27.7 Å². The van der Waals surface area contributed by atoms with E-state index in [1.54, 1.807) is 0 Å². The van der Waals surface area contributed by atoms with Crippen molar-refractivity contribution in [3.63, 3.8) is 0 Å². The number of nitrogens with zero attached hydrogens (tertiary/aromatic N) is 2. The van der Waals surface area contributed by atoms with Crippen LogP contribution in [0.3, 0.4) is 0 Å². The van der Waals surface area contributed by atoms with Crippen molar-refractivity contribution in [1.82, 2.24) is 20.8 Å². The van der Waals surface area contributed by atoms with Crippen LogP contribution in [-0.4, -0.2) is 29.6 Å². The van der Waals surface area contributed by atoms with Gasteiger partial charge in [-0.1, -0.05) is 12.1 Å². The fraction of sp³-hybridized carbons (Fsp3) is 0.667. The summed E-state index contributed by atoms with van der Waals surface area (Å²) < 4.78 is 5.06. The number of carbonyl (C=O) groups excluding carboxylic acids is 1. The first-order valence-corrected chi connectivity index (χ1v) is 5.01. The van der Waals surface area contributed by atoms with Gasteiger partial charge in [-0.2, -0.15) is 4.98 Å². The molecule has 82 valence electrons. The first kappa shape index (κ1) is 10.1. The smallest absolute Gasteiger partial charge is 0.292 e. The lowest BCUT2D eigenvalue weighted by Gasteiger charge is -2.08. The van der Waals surface area contributed by atoms with Crippen LogP contribution in [0.2, 0.25) is 0 Å². The highest BCUT2D eigenvalue weighted by Crippen LogP contribution is 2.27. The van der Waals surface area contributed by atoms with Gasteiger partial charge in [-0.3, -0.25) is 4.79 Å². The Balaban J connectivity index is 2.16.